The minimum absolute atomic E-state index is 0.000714. The minimum Gasteiger partial charge on any atom is -0.396 e. The number of hydrogen-bond acceptors (Lipinski definition) is 2. The number of carbonyl (C=O) groups is 1. The highest BCUT2D eigenvalue weighted by molar-refractivity contribution is 6.30. The maximum absolute atomic E-state index is 13.4. The van der Waals surface area contributed by atoms with Crippen molar-refractivity contribution in [1.29, 1.82) is 0 Å². The molecule has 88 valence electrons. The van der Waals surface area contributed by atoms with Crippen LogP contribution in [-0.2, 0) is 0 Å². The van der Waals surface area contributed by atoms with Crippen LogP contribution in [0.4, 0.5) is 4.39 Å². The van der Waals surface area contributed by atoms with E-state index in [0.717, 1.165) is 6.07 Å². The van der Waals surface area contributed by atoms with E-state index in [1.807, 2.05) is 0 Å². The lowest BCUT2D eigenvalue weighted by Gasteiger charge is -2.16. The zero-order valence-electron chi connectivity index (χ0n) is 8.91. The van der Waals surface area contributed by atoms with Crippen molar-refractivity contribution in [1.82, 2.24) is 4.90 Å². The largest absolute Gasteiger partial charge is 0.396 e. The molecule has 5 heteroatoms. The number of nitrogens with zero attached hydrogens (tertiary/aromatic N) is 1. The number of carbonyl (C=O) groups excluding carboxylic acids is 1. The highest BCUT2D eigenvalue weighted by atomic mass is 35.5. The molecule has 3 nitrogen and oxygen atoms in total. The summed E-state index contributed by atoms with van der Waals surface area (Å²) in [4.78, 5) is 13.1. The smallest absolute Gasteiger partial charge is 0.256 e. The van der Waals surface area contributed by atoms with Gasteiger partial charge in [0.1, 0.15) is 5.82 Å². The van der Waals surface area contributed by atoms with Crippen LogP contribution < -0.4 is 0 Å². The van der Waals surface area contributed by atoms with Crippen LogP contribution in [0.5, 0.6) is 0 Å². The van der Waals surface area contributed by atoms with Gasteiger partial charge in [-0.15, -0.1) is 0 Å². The number of aliphatic hydroxyl groups is 1. The summed E-state index contributed by atoms with van der Waals surface area (Å²) in [6, 6.07) is 3.93. The van der Waals surface area contributed by atoms with Crippen LogP contribution in [0.3, 0.4) is 0 Å². The molecular weight excluding hydrogens is 233 g/mol. The van der Waals surface area contributed by atoms with Crippen LogP contribution in [-0.4, -0.2) is 36.1 Å². The fourth-order valence-corrected chi connectivity index (χ4v) is 1.44. The molecule has 0 unspecified atom stereocenters. The van der Waals surface area contributed by atoms with Gasteiger partial charge >= 0.3 is 0 Å². The molecular formula is C11H13ClFNO2. The van der Waals surface area contributed by atoms with Gasteiger partial charge < -0.3 is 10.0 Å². The van der Waals surface area contributed by atoms with E-state index in [-0.39, 0.29) is 17.2 Å². The molecule has 1 amide bonds. The molecule has 0 atom stereocenters. The number of halogens is 2. The Bertz CT molecular complexity index is 384. The number of aliphatic hydroxyl groups excluding tert-OH is 1. The SMILES string of the molecule is CN(CCCO)C(=O)c1ccc(Cl)cc1F. The van der Waals surface area contributed by atoms with Crippen LogP contribution in [0.2, 0.25) is 5.02 Å². The number of hydrogen-bond donors (Lipinski definition) is 1. The van der Waals surface area contributed by atoms with Gasteiger partial charge in [0.05, 0.1) is 5.56 Å². The van der Waals surface area contributed by atoms with Gasteiger partial charge in [0.2, 0.25) is 0 Å². The first-order valence-electron chi connectivity index (χ1n) is 4.87. The molecule has 0 bridgehead atoms. The summed E-state index contributed by atoms with van der Waals surface area (Å²) in [6.45, 7) is 0.387. The van der Waals surface area contributed by atoms with Crippen LogP contribution in [0.15, 0.2) is 18.2 Å². The van der Waals surface area contributed by atoms with Crippen LogP contribution >= 0.6 is 11.6 Å². The Kier molecular flexibility index (Phi) is 4.71. The summed E-state index contributed by atoms with van der Waals surface area (Å²) >= 11 is 5.59. The van der Waals surface area contributed by atoms with Gasteiger partial charge in [0, 0.05) is 25.2 Å². The minimum atomic E-state index is -0.631. The van der Waals surface area contributed by atoms with Gasteiger partial charge in [-0.05, 0) is 24.6 Å². The van der Waals surface area contributed by atoms with Crippen molar-refractivity contribution in [2.45, 2.75) is 6.42 Å². The number of rotatable bonds is 4. The van der Waals surface area contributed by atoms with Gasteiger partial charge in [-0.3, -0.25) is 4.79 Å². The Labute approximate surface area is 98.4 Å². The fourth-order valence-electron chi connectivity index (χ4n) is 1.28. The third-order valence-corrected chi connectivity index (χ3v) is 2.39. The summed E-state index contributed by atoms with van der Waals surface area (Å²) in [5.41, 5.74) is -0.00941. The second-order valence-electron chi connectivity index (χ2n) is 3.43. The molecule has 0 aliphatic heterocycles. The van der Waals surface area contributed by atoms with E-state index in [2.05, 4.69) is 0 Å². The topological polar surface area (TPSA) is 40.5 Å². The summed E-state index contributed by atoms with van der Waals surface area (Å²) in [7, 11) is 1.56. The van der Waals surface area contributed by atoms with E-state index in [9.17, 15) is 9.18 Å². The molecule has 16 heavy (non-hydrogen) atoms. The molecule has 0 spiro atoms. The molecule has 0 aliphatic carbocycles. The first-order chi connectivity index (χ1) is 7.56. The zero-order valence-corrected chi connectivity index (χ0v) is 9.67. The van der Waals surface area contributed by atoms with Gasteiger partial charge in [-0.25, -0.2) is 4.39 Å². The monoisotopic (exact) mass is 245 g/mol. The van der Waals surface area contributed by atoms with E-state index in [0.29, 0.717) is 13.0 Å². The van der Waals surface area contributed by atoms with Crippen molar-refractivity contribution < 1.29 is 14.3 Å². The molecule has 0 radical (unpaired) electrons. The van der Waals surface area contributed by atoms with Gasteiger partial charge in [0.15, 0.2) is 0 Å². The Morgan fingerprint density at radius 1 is 1.56 bits per heavy atom. The molecule has 1 aromatic carbocycles. The van der Waals surface area contributed by atoms with Crippen molar-refractivity contribution in [3.05, 3.63) is 34.6 Å². The van der Waals surface area contributed by atoms with E-state index in [1.165, 1.54) is 17.0 Å². The summed E-state index contributed by atoms with van der Waals surface area (Å²) in [5.74, 6) is -1.05. The summed E-state index contributed by atoms with van der Waals surface area (Å²) < 4.78 is 13.4. The predicted molar refractivity (Wildman–Crippen MR) is 60.1 cm³/mol. The highest BCUT2D eigenvalue weighted by Gasteiger charge is 2.15. The summed E-state index contributed by atoms with van der Waals surface area (Å²) in [6.07, 6.45) is 0.470. The molecule has 0 aromatic heterocycles. The van der Waals surface area contributed by atoms with Crippen molar-refractivity contribution in [2.24, 2.45) is 0 Å². The third-order valence-electron chi connectivity index (χ3n) is 2.16. The lowest BCUT2D eigenvalue weighted by molar-refractivity contribution is 0.0782. The number of amides is 1. The van der Waals surface area contributed by atoms with Gasteiger partial charge in [0.25, 0.3) is 5.91 Å². The first kappa shape index (κ1) is 12.9. The lowest BCUT2D eigenvalue weighted by atomic mass is 10.2. The van der Waals surface area contributed by atoms with Gasteiger partial charge in [-0.2, -0.15) is 0 Å². The van der Waals surface area contributed by atoms with E-state index in [1.54, 1.807) is 7.05 Å². The molecule has 1 N–H and O–H groups in total. The van der Waals surface area contributed by atoms with Crippen LogP contribution in [0, 0.1) is 5.82 Å². The third kappa shape index (κ3) is 3.18. The second-order valence-corrected chi connectivity index (χ2v) is 3.86. The average molecular weight is 246 g/mol. The molecule has 0 fully saturated rings. The van der Waals surface area contributed by atoms with Crippen molar-refractivity contribution in [3.63, 3.8) is 0 Å². The van der Waals surface area contributed by atoms with E-state index >= 15 is 0 Å². The predicted octanol–water partition coefficient (Wildman–Crippen LogP) is 1.93. The number of benzene rings is 1. The normalized spacial score (nSPS) is 10.2. The molecule has 0 aliphatic rings. The molecule has 0 saturated carbocycles. The zero-order chi connectivity index (χ0) is 12.1. The van der Waals surface area contributed by atoms with E-state index < -0.39 is 11.7 Å². The molecule has 1 rings (SSSR count). The highest BCUT2D eigenvalue weighted by Crippen LogP contribution is 2.15. The quantitative estimate of drug-likeness (QED) is 0.881. The summed E-state index contributed by atoms with van der Waals surface area (Å²) in [5, 5.41) is 8.89. The molecule has 0 heterocycles. The molecule has 0 saturated heterocycles. The standard InChI is InChI=1S/C11H13ClFNO2/c1-14(5-2-6-15)11(16)9-4-3-8(12)7-10(9)13/h3-4,7,15H,2,5-6H2,1H3. The maximum atomic E-state index is 13.4. The Hall–Kier alpha value is -1.13. The maximum Gasteiger partial charge on any atom is 0.256 e. The van der Waals surface area contributed by atoms with Gasteiger partial charge in [-0.1, -0.05) is 11.6 Å². The average Bonchev–Trinajstić information content (AvgIpc) is 2.25. The Balaban J connectivity index is 2.79. The fraction of sp³-hybridized carbons (Fsp3) is 0.364. The Morgan fingerprint density at radius 3 is 2.81 bits per heavy atom. The van der Waals surface area contributed by atoms with Crippen molar-refractivity contribution >= 4 is 17.5 Å². The van der Waals surface area contributed by atoms with Crippen LogP contribution in [0.1, 0.15) is 16.8 Å². The lowest BCUT2D eigenvalue weighted by Crippen LogP contribution is -2.28. The first-order valence-corrected chi connectivity index (χ1v) is 5.25. The second kappa shape index (κ2) is 5.82. The Morgan fingerprint density at radius 2 is 2.25 bits per heavy atom. The van der Waals surface area contributed by atoms with E-state index in [4.69, 9.17) is 16.7 Å². The van der Waals surface area contributed by atoms with Crippen LogP contribution in [0.25, 0.3) is 0 Å². The molecule has 1 aromatic rings. The van der Waals surface area contributed by atoms with Crippen molar-refractivity contribution in [3.8, 4) is 0 Å². The van der Waals surface area contributed by atoms with Crippen molar-refractivity contribution in [2.75, 3.05) is 20.2 Å².